The van der Waals surface area contributed by atoms with Crippen molar-refractivity contribution in [3.8, 4) is 11.5 Å². The summed E-state index contributed by atoms with van der Waals surface area (Å²) in [5.74, 6) is -1.86. The van der Waals surface area contributed by atoms with Gasteiger partial charge in [-0.05, 0) is 18.9 Å². The van der Waals surface area contributed by atoms with Crippen LogP contribution in [-0.2, 0) is 14.3 Å². The number of ether oxygens (including phenoxy) is 3. The molecule has 2 atom stereocenters. The summed E-state index contributed by atoms with van der Waals surface area (Å²) in [5, 5.41) is 22.6. The van der Waals surface area contributed by atoms with Crippen molar-refractivity contribution in [3.05, 3.63) is 28.3 Å². The van der Waals surface area contributed by atoms with Gasteiger partial charge in [-0.25, -0.2) is 4.79 Å². The van der Waals surface area contributed by atoms with E-state index in [-0.39, 0.29) is 29.7 Å². The highest BCUT2D eigenvalue weighted by atomic mass is 16.6. The van der Waals surface area contributed by atoms with Gasteiger partial charge in [0.2, 0.25) is 5.75 Å². The van der Waals surface area contributed by atoms with Gasteiger partial charge in [-0.15, -0.1) is 0 Å². The number of methoxy groups -OCH3 is 1. The molecule has 0 bridgehead atoms. The topological polar surface area (TPSA) is 137 Å². The van der Waals surface area contributed by atoms with E-state index in [1.165, 1.54) is 25.3 Å². The number of hydrogen-bond acceptors (Lipinski definition) is 7. The molecule has 142 valence electrons. The molecular formula is C16H20N2O8. The van der Waals surface area contributed by atoms with Gasteiger partial charge >= 0.3 is 11.7 Å². The van der Waals surface area contributed by atoms with Crippen molar-refractivity contribution in [2.24, 2.45) is 5.92 Å². The molecule has 1 aromatic carbocycles. The first-order chi connectivity index (χ1) is 12.4. The molecule has 2 N–H and O–H groups in total. The zero-order chi connectivity index (χ0) is 19.1. The van der Waals surface area contributed by atoms with Crippen LogP contribution in [0.4, 0.5) is 5.69 Å². The van der Waals surface area contributed by atoms with Gasteiger partial charge in [0, 0.05) is 24.7 Å². The first kappa shape index (κ1) is 19.4. The van der Waals surface area contributed by atoms with Gasteiger partial charge in [0.25, 0.3) is 5.91 Å². The second kappa shape index (κ2) is 8.99. The molecule has 10 nitrogen and oxygen atoms in total. The van der Waals surface area contributed by atoms with Gasteiger partial charge in [-0.1, -0.05) is 0 Å². The minimum atomic E-state index is -1.13. The van der Waals surface area contributed by atoms with E-state index in [4.69, 9.17) is 14.2 Å². The highest BCUT2D eigenvalue weighted by Gasteiger charge is 2.31. The van der Waals surface area contributed by atoms with E-state index in [0.29, 0.717) is 13.0 Å². The Morgan fingerprint density at radius 2 is 2.27 bits per heavy atom. The lowest BCUT2D eigenvalue weighted by Crippen LogP contribution is -2.49. The highest BCUT2D eigenvalue weighted by molar-refractivity contribution is 5.84. The predicted octanol–water partition coefficient (Wildman–Crippen LogP) is 0.978. The maximum absolute atomic E-state index is 12.0. The number of aliphatic carboxylic acids is 1. The van der Waals surface area contributed by atoms with Gasteiger partial charge in [-0.3, -0.25) is 14.9 Å². The van der Waals surface area contributed by atoms with Crippen LogP contribution in [0.5, 0.6) is 11.5 Å². The van der Waals surface area contributed by atoms with Crippen molar-refractivity contribution in [2.75, 3.05) is 26.9 Å². The van der Waals surface area contributed by atoms with Crippen LogP contribution in [-0.4, -0.2) is 54.9 Å². The van der Waals surface area contributed by atoms with Crippen molar-refractivity contribution < 1.29 is 33.8 Å². The largest absolute Gasteiger partial charge is 0.490 e. The molecule has 0 aliphatic carbocycles. The maximum Gasteiger partial charge on any atom is 0.326 e. The smallest absolute Gasteiger partial charge is 0.326 e. The van der Waals surface area contributed by atoms with Crippen LogP contribution < -0.4 is 14.8 Å². The van der Waals surface area contributed by atoms with Crippen molar-refractivity contribution in [3.63, 3.8) is 0 Å². The van der Waals surface area contributed by atoms with Gasteiger partial charge in [-0.2, -0.15) is 0 Å². The molecule has 2 unspecified atom stereocenters. The lowest BCUT2D eigenvalue weighted by molar-refractivity contribution is -0.385. The quantitative estimate of drug-likeness (QED) is 0.512. The van der Waals surface area contributed by atoms with Crippen molar-refractivity contribution in [1.29, 1.82) is 0 Å². The third-order valence-electron chi connectivity index (χ3n) is 3.97. The Balaban J connectivity index is 1.94. The van der Waals surface area contributed by atoms with Crippen LogP contribution in [0, 0.1) is 16.0 Å². The molecule has 10 heteroatoms. The van der Waals surface area contributed by atoms with Crippen LogP contribution in [0.2, 0.25) is 0 Å². The summed E-state index contributed by atoms with van der Waals surface area (Å²) >= 11 is 0. The molecule has 0 spiro atoms. The van der Waals surface area contributed by atoms with Gasteiger partial charge in [0.15, 0.2) is 6.61 Å². The summed E-state index contributed by atoms with van der Waals surface area (Å²) in [4.78, 5) is 33.7. The number of carboxylic acid groups (broad SMARTS) is 1. The summed E-state index contributed by atoms with van der Waals surface area (Å²) < 4.78 is 15.5. The fourth-order valence-corrected chi connectivity index (χ4v) is 2.67. The first-order valence-corrected chi connectivity index (χ1v) is 7.97. The molecule has 0 radical (unpaired) electrons. The highest BCUT2D eigenvalue weighted by Crippen LogP contribution is 2.30. The molecule has 0 aromatic heterocycles. The van der Waals surface area contributed by atoms with Crippen LogP contribution >= 0.6 is 0 Å². The van der Waals surface area contributed by atoms with E-state index in [2.05, 4.69) is 5.32 Å². The third-order valence-corrected chi connectivity index (χ3v) is 3.97. The Morgan fingerprint density at radius 1 is 1.50 bits per heavy atom. The zero-order valence-electron chi connectivity index (χ0n) is 14.2. The summed E-state index contributed by atoms with van der Waals surface area (Å²) in [5.41, 5.74) is -0.229. The molecule has 1 saturated heterocycles. The molecule has 0 saturated carbocycles. The van der Waals surface area contributed by atoms with E-state index < -0.39 is 29.4 Å². The van der Waals surface area contributed by atoms with Crippen molar-refractivity contribution >= 4 is 17.6 Å². The van der Waals surface area contributed by atoms with E-state index in [1.807, 2.05) is 0 Å². The third kappa shape index (κ3) is 5.06. The Morgan fingerprint density at radius 3 is 2.85 bits per heavy atom. The Bertz CT molecular complexity index is 672. The number of carbonyl (C=O) groups excluding carboxylic acids is 1. The van der Waals surface area contributed by atoms with Gasteiger partial charge < -0.3 is 24.6 Å². The molecule has 1 fully saturated rings. The monoisotopic (exact) mass is 368 g/mol. The number of hydrogen-bond donors (Lipinski definition) is 2. The normalized spacial score (nSPS) is 17.8. The maximum atomic E-state index is 12.0. The standard InChI is InChI=1S/C16H20N2O8/c1-24-13-7-11(4-5-12(13)18(22)23)26-9-14(19)17-15(16(20)21)10-3-2-6-25-8-10/h4-5,7,10,15H,2-3,6,8-9H2,1H3,(H,17,19)(H,20,21). The molecule has 26 heavy (non-hydrogen) atoms. The number of nitro groups is 1. The minimum Gasteiger partial charge on any atom is -0.490 e. The lowest BCUT2D eigenvalue weighted by atomic mass is 9.93. The summed E-state index contributed by atoms with van der Waals surface area (Å²) in [6, 6.07) is 2.76. The molecule has 1 aromatic rings. The minimum absolute atomic E-state index is 0.00400. The van der Waals surface area contributed by atoms with Crippen LogP contribution in [0.25, 0.3) is 0 Å². The number of carboxylic acids is 1. The number of nitrogens with zero attached hydrogens (tertiary/aromatic N) is 1. The number of nitro benzene ring substituents is 1. The van der Waals surface area contributed by atoms with Crippen molar-refractivity contribution in [1.82, 2.24) is 5.32 Å². The fourth-order valence-electron chi connectivity index (χ4n) is 2.67. The lowest BCUT2D eigenvalue weighted by Gasteiger charge is -2.28. The Kier molecular flexibility index (Phi) is 6.73. The van der Waals surface area contributed by atoms with Crippen LogP contribution in [0.3, 0.4) is 0 Å². The zero-order valence-corrected chi connectivity index (χ0v) is 14.2. The molecule has 1 aliphatic rings. The van der Waals surface area contributed by atoms with E-state index in [1.54, 1.807) is 0 Å². The van der Waals surface area contributed by atoms with E-state index in [0.717, 1.165) is 6.42 Å². The Hall–Kier alpha value is -2.88. The van der Waals surface area contributed by atoms with Gasteiger partial charge in [0.1, 0.15) is 11.8 Å². The van der Waals surface area contributed by atoms with E-state index in [9.17, 15) is 24.8 Å². The predicted molar refractivity (Wildman–Crippen MR) is 88.3 cm³/mol. The van der Waals surface area contributed by atoms with Gasteiger partial charge in [0.05, 0.1) is 18.6 Å². The average Bonchev–Trinajstić information content (AvgIpc) is 2.64. The molecule has 1 aliphatic heterocycles. The molecule has 2 rings (SSSR count). The average molecular weight is 368 g/mol. The summed E-state index contributed by atoms with van der Waals surface area (Å²) in [6.45, 7) is 0.428. The fraction of sp³-hybridized carbons (Fsp3) is 0.500. The molecule has 1 amide bonds. The number of nitrogens with one attached hydrogen (secondary N) is 1. The summed E-state index contributed by atoms with van der Waals surface area (Å²) in [7, 11) is 1.28. The van der Waals surface area contributed by atoms with Crippen LogP contribution in [0.1, 0.15) is 12.8 Å². The SMILES string of the molecule is COc1cc(OCC(=O)NC(C(=O)O)C2CCCOC2)ccc1[N+](=O)[O-]. The molecular weight excluding hydrogens is 348 g/mol. The van der Waals surface area contributed by atoms with Crippen molar-refractivity contribution in [2.45, 2.75) is 18.9 Å². The number of rotatable bonds is 8. The number of carbonyl (C=O) groups is 2. The Labute approximate surface area is 149 Å². The first-order valence-electron chi connectivity index (χ1n) is 7.97. The second-order valence-corrected chi connectivity index (χ2v) is 5.74. The number of benzene rings is 1. The summed E-state index contributed by atoms with van der Waals surface area (Å²) in [6.07, 6.45) is 1.39. The second-order valence-electron chi connectivity index (χ2n) is 5.74. The van der Waals surface area contributed by atoms with Crippen LogP contribution in [0.15, 0.2) is 18.2 Å². The number of amides is 1. The molecule has 1 heterocycles. The van der Waals surface area contributed by atoms with E-state index >= 15 is 0 Å².